The molecule has 1 fully saturated rings. The number of carbonyl (C=O) groups is 2. The van der Waals surface area contributed by atoms with Crippen LogP contribution in [0, 0.1) is 0 Å². The van der Waals surface area contributed by atoms with Gasteiger partial charge in [0.2, 0.25) is 12.1 Å². The minimum atomic E-state index is -0.868. The third kappa shape index (κ3) is 4.95. The lowest BCUT2D eigenvalue weighted by Crippen LogP contribution is -2.36. The number of hydrogen-bond acceptors (Lipinski definition) is 7. The summed E-state index contributed by atoms with van der Waals surface area (Å²) in [5, 5.41) is 11.3. The number of aromatic amines is 1. The highest BCUT2D eigenvalue weighted by Crippen LogP contribution is 2.45. The maximum Gasteiger partial charge on any atom is 0.295 e. The first-order valence-electron chi connectivity index (χ1n) is 11.7. The Kier molecular flexibility index (Phi) is 7.66. The van der Waals surface area contributed by atoms with Crippen molar-refractivity contribution in [1.82, 2.24) is 9.88 Å². The molecular weight excluding hydrogens is 478 g/mol. The summed E-state index contributed by atoms with van der Waals surface area (Å²) in [6.45, 7) is 0.913. The van der Waals surface area contributed by atoms with Crippen molar-refractivity contribution in [3.8, 4) is 23.0 Å². The molecule has 10 heteroatoms. The number of aromatic nitrogens is 2. The Bertz CT molecular complexity index is 1280. The molecule has 1 aromatic heterocycles. The zero-order chi connectivity index (χ0) is 26.5. The molecule has 4 rings (SSSR count). The van der Waals surface area contributed by atoms with Gasteiger partial charge in [-0.15, -0.1) is 0 Å². The number of amides is 1. The second kappa shape index (κ2) is 11.1. The van der Waals surface area contributed by atoms with E-state index in [1.165, 1.54) is 33.3 Å². The Morgan fingerprint density at radius 3 is 2.22 bits per heavy atom. The first-order chi connectivity index (χ1) is 17.9. The monoisotopic (exact) mass is 508 g/mol. The molecule has 1 saturated heterocycles. The van der Waals surface area contributed by atoms with E-state index in [9.17, 15) is 14.7 Å². The van der Waals surface area contributed by atoms with Gasteiger partial charge in [-0.25, -0.2) is 4.57 Å². The highest BCUT2D eigenvalue weighted by atomic mass is 16.5. The van der Waals surface area contributed by atoms with E-state index in [1.807, 2.05) is 17.1 Å². The third-order valence-electron chi connectivity index (χ3n) is 6.32. The van der Waals surface area contributed by atoms with Gasteiger partial charge in [-0.2, -0.15) is 0 Å². The van der Waals surface area contributed by atoms with Crippen LogP contribution in [0.3, 0.4) is 0 Å². The highest BCUT2D eigenvalue weighted by molar-refractivity contribution is 6.46. The number of benzene rings is 2. The van der Waals surface area contributed by atoms with Crippen molar-refractivity contribution in [1.29, 1.82) is 0 Å². The van der Waals surface area contributed by atoms with E-state index in [4.69, 9.17) is 18.9 Å². The number of aliphatic hydroxyl groups is 1. The van der Waals surface area contributed by atoms with E-state index in [0.29, 0.717) is 47.1 Å². The average Bonchev–Trinajstić information content (AvgIpc) is 3.54. The topological polar surface area (TPSA) is 114 Å². The number of likely N-dealkylation sites (tertiary alicyclic amines) is 1. The number of ketones is 1. The molecule has 2 heterocycles. The van der Waals surface area contributed by atoms with Crippen molar-refractivity contribution in [2.24, 2.45) is 0 Å². The Labute approximate surface area is 214 Å². The van der Waals surface area contributed by atoms with Crippen molar-refractivity contribution >= 4 is 17.4 Å². The van der Waals surface area contributed by atoms with Crippen LogP contribution < -0.4 is 23.5 Å². The SMILES string of the molecule is COc1ccc(C(O)=C2C(=O)C(=O)N(CCC[n+]3cc[nH]c3)C2c2cc(OC)c(OC)c(OC)c2)cc1. The van der Waals surface area contributed by atoms with E-state index in [2.05, 4.69) is 4.98 Å². The van der Waals surface area contributed by atoms with Gasteiger partial charge in [0.15, 0.2) is 11.5 Å². The number of aliphatic hydroxyl groups excluding tert-OH is 1. The van der Waals surface area contributed by atoms with Gasteiger partial charge in [0.25, 0.3) is 11.7 Å². The predicted octanol–water partition coefficient (Wildman–Crippen LogP) is 2.85. The highest BCUT2D eigenvalue weighted by Gasteiger charge is 2.46. The van der Waals surface area contributed by atoms with Gasteiger partial charge >= 0.3 is 0 Å². The van der Waals surface area contributed by atoms with Crippen LogP contribution >= 0.6 is 0 Å². The van der Waals surface area contributed by atoms with E-state index < -0.39 is 17.7 Å². The Morgan fingerprint density at radius 2 is 1.68 bits per heavy atom. The van der Waals surface area contributed by atoms with Crippen LogP contribution in [-0.2, 0) is 16.1 Å². The standard InChI is InChI=1S/C27H29N3O7/c1-34-19-8-6-17(7-9-19)24(31)22-23(18-14-20(35-2)26(37-4)21(15-18)36-3)30(27(33)25(22)32)12-5-11-29-13-10-28-16-29/h6-10,13-16,23H,5,11-12H2,1-4H3,(H,31,32)/p+1. The number of nitrogens with one attached hydrogen (secondary N) is 1. The van der Waals surface area contributed by atoms with Crippen LogP contribution in [0.4, 0.5) is 0 Å². The molecule has 194 valence electrons. The van der Waals surface area contributed by atoms with Gasteiger partial charge in [0.05, 0.1) is 46.6 Å². The van der Waals surface area contributed by atoms with Gasteiger partial charge in [0, 0.05) is 18.5 Å². The zero-order valence-corrected chi connectivity index (χ0v) is 21.2. The van der Waals surface area contributed by atoms with Crippen LogP contribution in [0.15, 0.2) is 60.7 Å². The van der Waals surface area contributed by atoms with Crippen LogP contribution in [-0.4, -0.2) is 61.7 Å². The number of carbonyl (C=O) groups excluding carboxylic acids is 2. The number of Topliss-reactive ketones (excluding diaryl/α,β-unsaturated/α-hetero) is 1. The van der Waals surface area contributed by atoms with Crippen molar-refractivity contribution < 1.29 is 38.2 Å². The molecule has 0 aliphatic carbocycles. The molecule has 37 heavy (non-hydrogen) atoms. The molecule has 2 N–H and O–H groups in total. The fraction of sp³-hybridized carbons (Fsp3) is 0.296. The summed E-state index contributed by atoms with van der Waals surface area (Å²) in [6.07, 6.45) is 6.08. The summed E-state index contributed by atoms with van der Waals surface area (Å²) in [7, 11) is 6.01. The third-order valence-corrected chi connectivity index (χ3v) is 6.32. The molecule has 1 amide bonds. The number of hydrogen-bond donors (Lipinski definition) is 2. The van der Waals surface area contributed by atoms with Crippen LogP contribution in [0.1, 0.15) is 23.6 Å². The Balaban J connectivity index is 1.82. The molecule has 0 bridgehead atoms. The second-order valence-electron chi connectivity index (χ2n) is 8.38. The molecular formula is C27H30N3O7+. The van der Waals surface area contributed by atoms with Crippen LogP contribution in [0.5, 0.6) is 23.0 Å². The van der Waals surface area contributed by atoms with Crippen LogP contribution in [0.25, 0.3) is 5.76 Å². The van der Waals surface area contributed by atoms with Crippen molar-refractivity contribution in [2.45, 2.75) is 19.0 Å². The van der Waals surface area contributed by atoms with Gasteiger partial charge in [-0.1, -0.05) is 0 Å². The largest absolute Gasteiger partial charge is 0.507 e. The van der Waals surface area contributed by atoms with Gasteiger partial charge < -0.3 is 29.0 Å². The zero-order valence-electron chi connectivity index (χ0n) is 21.2. The number of H-pyrrole nitrogens is 1. The first-order valence-corrected chi connectivity index (χ1v) is 11.7. The van der Waals surface area contributed by atoms with E-state index in [-0.39, 0.29) is 17.9 Å². The number of rotatable bonds is 10. The van der Waals surface area contributed by atoms with Crippen LogP contribution in [0.2, 0.25) is 0 Å². The van der Waals surface area contributed by atoms with Crippen molar-refractivity contribution in [3.63, 3.8) is 0 Å². The molecule has 1 aliphatic rings. The molecule has 1 unspecified atom stereocenters. The van der Waals surface area contributed by atoms with Gasteiger partial charge in [-0.05, 0) is 42.0 Å². The Hall–Kier alpha value is -4.47. The number of imidazole rings is 1. The normalized spacial score (nSPS) is 16.6. The van der Waals surface area contributed by atoms with E-state index >= 15 is 0 Å². The molecule has 3 aromatic rings. The summed E-state index contributed by atoms with van der Waals surface area (Å²) in [5.74, 6) is -0.00816. The lowest BCUT2D eigenvalue weighted by molar-refractivity contribution is -0.695. The minimum absolute atomic E-state index is 0.0151. The first kappa shape index (κ1) is 25.6. The number of methoxy groups -OCH3 is 4. The van der Waals surface area contributed by atoms with Crippen molar-refractivity contribution in [2.75, 3.05) is 35.0 Å². The quantitative estimate of drug-likeness (QED) is 0.187. The summed E-state index contributed by atoms with van der Waals surface area (Å²) in [4.78, 5) is 31.1. The number of nitrogens with zero attached hydrogens (tertiary/aromatic N) is 2. The maximum atomic E-state index is 13.3. The summed E-state index contributed by atoms with van der Waals surface area (Å²) in [6, 6.07) is 9.13. The molecule has 0 saturated carbocycles. The fourth-order valence-corrected chi connectivity index (χ4v) is 4.50. The molecule has 10 nitrogen and oxygen atoms in total. The van der Waals surface area contributed by atoms with E-state index in [1.54, 1.807) is 42.6 Å². The summed E-state index contributed by atoms with van der Waals surface area (Å²) >= 11 is 0. The van der Waals surface area contributed by atoms with Crippen molar-refractivity contribution in [3.05, 3.63) is 71.8 Å². The molecule has 1 aliphatic heterocycles. The van der Waals surface area contributed by atoms with Gasteiger partial charge in [0.1, 0.15) is 23.9 Å². The lowest BCUT2D eigenvalue weighted by atomic mass is 9.94. The molecule has 2 aromatic carbocycles. The fourth-order valence-electron chi connectivity index (χ4n) is 4.50. The smallest absolute Gasteiger partial charge is 0.295 e. The minimum Gasteiger partial charge on any atom is -0.507 e. The predicted molar refractivity (Wildman–Crippen MR) is 134 cm³/mol. The average molecular weight is 509 g/mol. The number of ether oxygens (including phenoxy) is 4. The summed E-state index contributed by atoms with van der Waals surface area (Å²) < 4.78 is 23.6. The molecule has 1 atom stereocenters. The second-order valence-corrected chi connectivity index (χ2v) is 8.38. The molecule has 0 spiro atoms. The maximum absolute atomic E-state index is 13.3. The van der Waals surface area contributed by atoms with E-state index in [0.717, 1.165) is 0 Å². The lowest BCUT2D eigenvalue weighted by Gasteiger charge is -2.26. The summed E-state index contributed by atoms with van der Waals surface area (Å²) in [5.41, 5.74) is 0.913. The van der Waals surface area contributed by atoms with Gasteiger partial charge in [-0.3, -0.25) is 14.6 Å². The Morgan fingerprint density at radius 1 is 1.00 bits per heavy atom. The number of aryl methyl sites for hydroxylation is 1. The molecule has 0 radical (unpaired) electrons.